The number of para-hydroxylation sites is 1. The van der Waals surface area contributed by atoms with E-state index in [0.717, 1.165) is 31.4 Å². The van der Waals surface area contributed by atoms with Gasteiger partial charge in [-0.05, 0) is 37.3 Å². The minimum absolute atomic E-state index is 0.255. The maximum atomic E-state index is 11.7. The van der Waals surface area contributed by atoms with Gasteiger partial charge in [-0.3, -0.25) is 9.79 Å². The molecule has 3 heteroatoms. The van der Waals surface area contributed by atoms with Crippen LogP contribution in [0, 0.1) is 0 Å². The number of nitrogens with one attached hydrogen (secondary N) is 1. The number of aromatic nitrogens is 1. The van der Waals surface area contributed by atoms with Gasteiger partial charge in [0.1, 0.15) is 0 Å². The lowest BCUT2D eigenvalue weighted by atomic mass is 9.97. The molecular formula is C16H18N2O. The third-order valence-electron chi connectivity index (χ3n) is 3.75. The summed E-state index contributed by atoms with van der Waals surface area (Å²) in [6.07, 6.45) is 6.63. The first-order chi connectivity index (χ1) is 9.34. The largest absolute Gasteiger partial charge is 0.361 e. The quantitative estimate of drug-likeness (QED) is 0.897. The number of H-pyrrole nitrogens is 1. The van der Waals surface area contributed by atoms with Gasteiger partial charge in [-0.15, -0.1) is 0 Å². The summed E-state index contributed by atoms with van der Waals surface area (Å²) in [6, 6.07) is 8.29. The van der Waals surface area contributed by atoms with Gasteiger partial charge in [0.2, 0.25) is 0 Å². The van der Waals surface area contributed by atoms with E-state index in [1.807, 2.05) is 12.3 Å². The lowest BCUT2D eigenvalue weighted by Crippen LogP contribution is -2.19. The Balaban J connectivity index is 1.69. The average molecular weight is 254 g/mol. The molecule has 0 atom stereocenters. The normalized spacial score (nSPS) is 18.3. The van der Waals surface area contributed by atoms with E-state index in [0.29, 0.717) is 13.0 Å². The standard InChI is InChI=1S/C16H18N2O/c19-16-8-4-3-7-15(16)17-10-9-12-11-18-14-6-2-1-5-13(12)14/h1-2,5-6,11,18H,3-4,7-10H2. The van der Waals surface area contributed by atoms with E-state index in [-0.39, 0.29) is 5.78 Å². The third kappa shape index (κ3) is 2.60. The van der Waals surface area contributed by atoms with Crippen molar-refractivity contribution in [3.05, 3.63) is 36.0 Å². The van der Waals surface area contributed by atoms with E-state index in [1.54, 1.807) is 0 Å². The van der Waals surface area contributed by atoms with E-state index in [1.165, 1.54) is 16.5 Å². The maximum absolute atomic E-state index is 11.7. The molecule has 0 saturated heterocycles. The van der Waals surface area contributed by atoms with Gasteiger partial charge in [0.05, 0.1) is 5.71 Å². The molecule has 1 N–H and O–H groups in total. The molecule has 3 nitrogen and oxygen atoms in total. The highest BCUT2D eigenvalue weighted by molar-refractivity contribution is 6.40. The van der Waals surface area contributed by atoms with Crippen molar-refractivity contribution in [2.24, 2.45) is 4.99 Å². The van der Waals surface area contributed by atoms with Gasteiger partial charge >= 0.3 is 0 Å². The number of Topliss-reactive ketones (excluding diaryl/α,β-unsaturated/α-hetero) is 1. The van der Waals surface area contributed by atoms with Crippen molar-refractivity contribution >= 4 is 22.4 Å². The summed E-state index contributed by atoms with van der Waals surface area (Å²) >= 11 is 0. The minimum atomic E-state index is 0.255. The Labute approximate surface area is 112 Å². The Morgan fingerprint density at radius 1 is 1.16 bits per heavy atom. The van der Waals surface area contributed by atoms with Gasteiger partial charge in [-0.2, -0.15) is 0 Å². The van der Waals surface area contributed by atoms with Crippen molar-refractivity contribution in [2.45, 2.75) is 32.1 Å². The molecule has 19 heavy (non-hydrogen) atoms. The van der Waals surface area contributed by atoms with Crippen LogP contribution in [0.25, 0.3) is 10.9 Å². The Morgan fingerprint density at radius 3 is 2.89 bits per heavy atom. The van der Waals surface area contributed by atoms with Crippen LogP contribution in [0.4, 0.5) is 0 Å². The number of fused-ring (bicyclic) bond motifs is 1. The van der Waals surface area contributed by atoms with E-state index >= 15 is 0 Å². The summed E-state index contributed by atoms with van der Waals surface area (Å²) < 4.78 is 0. The highest BCUT2D eigenvalue weighted by Crippen LogP contribution is 2.18. The fourth-order valence-electron chi connectivity index (χ4n) is 2.68. The molecule has 3 rings (SSSR count). The summed E-state index contributed by atoms with van der Waals surface area (Å²) in [4.78, 5) is 19.4. The fourth-order valence-corrected chi connectivity index (χ4v) is 2.68. The number of rotatable bonds is 3. The molecule has 0 unspecified atom stereocenters. The van der Waals surface area contributed by atoms with Gasteiger partial charge in [0.25, 0.3) is 0 Å². The molecule has 1 aliphatic rings. The number of hydrogen-bond donors (Lipinski definition) is 1. The van der Waals surface area contributed by atoms with Crippen LogP contribution < -0.4 is 0 Å². The third-order valence-corrected chi connectivity index (χ3v) is 3.75. The zero-order valence-electron chi connectivity index (χ0n) is 11.0. The predicted octanol–water partition coefficient (Wildman–Crippen LogP) is 3.29. The van der Waals surface area contributed by atoms with Gasteiger partial charge in [0.15, 0.2) is 5.78 Å². The van der Waals surface area contributed by atoms with Crippen LogP contribution in [0.15, 0.2) is 35.5 Å². The molecule has 1 aromatic carbocycles. The molecule has 98 valence electrons. The summed E-state index contributed by atoms with van der Waals surface area (Å²) in [5.41, 5.74) is 3.26. The van der Waals surface area contributed by atoms with Crippen molar-refractivity contribution < 1.29 is 4.79 Å². The second-order valence-corrected chi connectivity index (χ2v) is 5.07. The summed E-state index contributed by atoms with van der Waals surface area (Å²) in [5.74, 6) is 0.255. The van der Waals surface area contributed by atoms with E-state index in [4.69, 9.17) is 0 Å². The molecule has 1 saturated carbocycles. The average Bonchev–Trinajstić information content (AvgIpc) is 2.85. The Hall–Kier alpha value is -1.90. The Bertz CT molecular complexity index is 624. The summed E-state index contributed by atoms with van der Waals surface area (Å²) in [6.45, 7) is 0.711. The molecule has 0 radical (unpaired) electrons. The van der Waals surface area contributed by atoms with Crippen LogP contribution in [0.2, 0.25) is 0 Å². The molecule has 1 fully saturated rings. The van der Waals surface area contributed by atoms with E-state index < -0.39 is 0 Å². The van der Waals surface area contributed by atoms with Gasteiger partial charge in [0, 0.05) is 30.1 Å². The first-order valence-corrected chi connectivity index (χ1v) is 6.96. The second-order valence-electron chi connectivity index (χ2n) is 5.07. The number of benzene rings is 1. The monoisotopic (exact) mass is 254 g/mol. The SMILES string of the molecule is O=C1CCCCC1=NCCc1c[nH]c2ccccc12. The molecule has 0 aliphatic heterocycles. The van der Waals surface area contributed by atoms with E-state index in [9.17, 15) is 4.79 Å². The topological polar surface area (TPSA) is 45.2 Å². The second kappa shape index (κ2) is 5.39. The molecular weight excluding hydrogens is 236 g/mol. The van der Waals surface area contributed by atoms with Crippen molar-refractivity contribution in [2.75, 3.05) is 6.54 Å². The van der Waals surface area contributed by atoms with Gasteiger partial charge < -0.3 is 4.98 Å². The van der Waals surface area contributed by atoms with E-state index in [2.05, 4.69) is 28.2 Å². The predicted molar refractivity (Wildman–Crippen MR) is 77.8 cm³/mol. The molecule has 2 aromatic rings. The number of carbonyl (C=O) groups excluding carboxylic acids is 1. The van der Waals surface area contributed by atoms with Crippen LogP contribution in [-0.4, -0.2) is 23.0 Å². The van der Waals surface area contributed by atoms with Crippen molar-refractivity contribution in [1.29, 1.82) is 0 Å². The van der Waals surface area contributed by atoms with Crippen LogP contribution >= 0.6 is 0 Å². The van der Waals surface area contributed by atoms with Gasteiger partial charge in [-0.1, -0.05) is 18.2 Å². The molecule has 1 aromatic heterocycles. The van der Waals surface area contributed by atoms with Crippen LogP contribution in [-0.2, 0) is 11.2 Å². The highest BCUT2D eigenvalue weighted by Gasteiger charge is 2.15. The zero-order valence-corrected chi connectivity index (χ0v) is 11.0. The molecule has 0 spiro atoms. The molecule has 0 bridgehead atoms. The number of carbonyl (C=O) groups is 1. The van der Waals surface area contributed by atoms with Crippen LogP contribution in [0.5, 0.6) is 0 Å². The van der Waals surface area contributed by atoms with Gasteiger partial charge in [-0.25, -0.2) is 0 Å². The first-order valence-electron chi connectivity index (χ1n) is 6.96. The minimum Gasteiger partial charge on any atom is -0.361 e. The van der Waals surface area contributed by atoms with Crippen molar-refractivity contribution in [3.63, 3.8) is 0 Å². The highest BCUT2D eigenvalue weighted by atomic mass is 16.1. The fraction of sp³-hybridized carbons (Fsp3) is 0.375. The molecule has 1 heterocycles. The van der Waals surface area contributed by atoms with Crippen molar-refractivity contribution in [3.8, 4) is 0 Å². The maximum Gasteiger partial charge on any atom is 0.176 e. The number of aliphatic imine (C=N–C) groups is 1. The number of hydrogen-bond acceptors (Lipinski definition) is 2. The summed E-state index contributed by atoms with van der Waals surface area (Å²) in [7, 11) is 0. The lowest BCUT2D eigenvalue weighted by molar-refractivity contribution is -0.113. The van der Waals surface area contributed by atoms with Crippen LogP contribution in [0.1, 0.15) is 31.2 Å². The van der Waals surface area contributed by atoms with Crippen molar-refractivity contribution in [1.82, 2.24) is 4.98 Å². The summed E-state index contributed by atoms with van der Waals surface area (Å²) in [5, 5.41) is 1.26. The smallest absolute Gasteiger partial charge is 0.176 e. The first kappa shape index (κ1) is 12.2. The zero-order chi connectivity index (χ0) is 13.1. The number of nitrogens with zero attached hydrogens (tertiary/aromatic N) is 1. The number of aromatic amines is 1. The number of ketones is 1. The molecule has 0 amide bonds. The Morgan fingerprint density at radius 2 is 2.00 bits per heavy atom. The Kier molecular flexibility index (Phi) is 3.45. The van der Waals surface area contributed by atoms with Crippen LogP contribution in [0.3, 0.4) is 0 Å². The molecule has 1 aliphatic carbocycles. The lowest BCUT2D eigenvalue weighted by Gasteiger charge is -2.11.